The van der Waals surface area contributed by atoms with Gasteiger partial charge < -0.3 is 15.5 Å². The van der Waals surface area contributed by atoms with E-state index in [1.54, 1.807) is 0 Å². The van der Waals surface area contributed by atoms with Crippen molar-refractivity contribution in [2.45, 2.75) is 24.9 Å². The van der Waals surface area contributed by atoms with Crippen LogP contribution in [0, 0.1) is 0 Å². The SMILES string of the molecule is O=C(Nc1ccccc1)N1CCN(C2c3ccc(Cl)cc3CCC3=CC=CNC32)CC1. The molecule has 6 heteroatoms. The summed E-state index contributed by atoms with van der Waals surface area (Å²) < 4.78 is 0. The lowest BCUT2D eigenvalue weighted by Gasteiger charge is -2.43. The molecule has 5 rings (SSSR count). The first-order chi connectivity index (χ1) is 15.2. The Morgan fingerprint density at radius 1 is 1.03 bits per heavy atom. The number of amides is 2. The minimum Gasteiger partial charge on any atom is -0.382 e. The topological polar surface area (TPSA) is 47.6 Å². The molecule has 0 spiro atoms. The summed E-state index contributed by atoms with van der Waals surface area (Å²) in [4.78, 5) is 17.2. The van der Waals surface area contributed by atoms with Gasteiger partial charge in [0.2, 0.25) is 0 Å². The fourth-order valence-electron chi connectivity index (χ4n) is 4.95. The molecule has 2 N–H and O–H groups in total. The number of hydrogen-bond acceptors (Lipinski definition) is 3. The lowest BCUT2D eigenvalue weighted by molar-refractivity contribution is 0.101. The highest BCUT2D eigenvalue weighted by Crippen LogP contribution is 2.38. The predicted octanol–water partition coefficient (Wildman–Crippen LogP) is 4.59. The number of aryl methyl sites for hydroxylation is 1. The average Bonchev–Trinajstić information content (AvgIpc) is 2.96. The second kappa shape index (κ2) is 8.77. The van der Waals surface area contributed by atoms with Crippen molar-refractivity contribution in [3.05, 3.63) is 88.6 Å². The number of benzene rings is 2. The van der Waals surface area contributed by atoms with Gasteiger partial charge in [-0.25, -0.2) is 4.79 Å². The molecule has 0 bridgehead atoms. The molecule has 2 amide bonds. The lowest BCUT2D eigenvalue weighted by Crippen LogP contribution is -2.54. The molecule has 1 saturated heterocycles. The molecule has 0 saturated carbocycles. The number of carbonyl (C=O) groups excluding carboxylic acids is 1. The van der Waals surface area contributed by atoms with E-state index in [4.69, 9.17) is 11.6 Å². The van der Waals surface area contributed by atoms with Gasteiger partial charge in [-0.3, -0.25) is 4.90 Å². The molecule has 1 fully saturated rings. The van der Waals surface area contributed by atoms with E-state index in [9.17, 15) is 4.79 Å². The Morgan fingerprint density at radius 2 is 1.84 bits per heavy atom. The molecular formula is C25H27ClN4O. The normalized spacial score (nSPS) is 23.1. The maximum atomic E-state index is 12.7. The van der Waals surface area contributed by atoms with Crippen molar-refractivity contribution in [3.63, 3.8) is 0 Å². The van der Waals surface area contributed by atoms with E-state index in [2.05, 4.69) is 39.8 Å². The first kappa shape index (κ1) is 20.2. The van der Waals surface area contributed by atoms with Crippen molar-refractivity contribution in [1.82, 2.24) is 15.1 Å². The van der Waals surface area contributed by atoms with E-state index in [1.165, 1.54) is 16.7 Å². The molecule has 2 aliphatic heterocycles. The monoisotopic (exact) mass is 434 g/mol. The highest BCUT2D eigenvalue weighted by Gasteiger charge is 2.37. The molecule has 2 heterocycles. The standard InChI is InChI=1S/C25H27ClN4O/c26-20-10-11-22-19(17-20)9-8-18-5-4-12-27-23(18)24(22)29-13-15-30(16-14-29)25(31)28-21-6-2-1-3-7-21/h1-7,10-12,17,23-24,27H,8-9,13-16H2,(H,28,31). The third kappa shape index (κ3) is 4.21. The summed E-state index contributed by atoms with van der Waals surface area (Å²) in [6.07, 6.45) is 8.43. The number of hydrogen-bond donors (Lipinski definition) is 2. The minimum atomic E-state index is -0.0294. The van der Waals surface area contributed by atoms with Gasteiger partial charge in [-0.05, 0) is 66.1 Å². The second-order valence-corrected chi connectivity index (χ2v) is 8.79. The zero-order valence-corrected chi connectivity index (χ0v) is 18.2. The van der Waals surface area contributed by atoms with E-state index >= 15 is 0 Å². The van der Waals surface area contributed by atoms with Gasteiger partial charge >= 0.3 is 6.03 Å². The fourth-order valence-corrected chi connectivity index (χ4v) is 5.14. The van der Waals surface area contributed by atoms with Gasteiger partial charge in [-0.2, -0.15) is 0 Å². The smallest absolute Gasteiger partial charge is 0.321 e. The van der Waals surface area contributed by atoms with Gasteiger partial charge in [0.05, 0.1) is 12.1 Å². The number of urea groups is 1. The summed E-state index contributed by atoms with van der Waals surface area (Å²) in [5.41, 5.74) is 4.95. The number of piperazine rings is 1. The number of nitrogens with zero attached hydrogens (tertiary/aromatic N) is 2. The Bertz CT molecular complexity index is 1010. The maximum absolute atomic E-state index is 12.7. The summed E-state index contributed by atoms with van der Waals surface area (Å²) in [6, 6.07) is 16.4. The third-order valence-electron chi connectivity index (χ3n) is 6.52. The molecule has 2 aromatic carbocycles. The van der Waals surface area contributed by atoms with Gasteiger partial charge in [0.1, 0.15) is 0 Å². The molecule has 5 nitrogen and oxygen atoms in total. The van der Waals surface area contributed by atoms with Gasteiger partial charge in [0.15, 0.2) is 0 Å². The first-order valence-electron chi connectivity index (χ1n) is 10.9. The molecule has 2 atom stereocenters. The van der Waals surface area contributed by atoms with Gasteiger partial charge in [0, 0.05) is 36.9 Å². The summed E-state index contributed by atoms with van der Waals surface area (Å²) >= 11 is 6.33. The largest absolute Gasteiger partial charge is 0.382 e. The highest BCUT2D eigenvalue weighted by molar-refractivity contribution is 6.30. The average molecular weight is 435 g/mol. The van der Waals surface area contributed by atoms with Crippen LogP contribution in [0.2, 0.25) is 5.02 Å². The van der Waals surface area contributed by atoms with Crippen LogP contribution in [0.4, 0.5) is 10.5 Å². The van der Waals surface area contributed by atoms with E-state index in [1.807, 2.05) is 47.5 Å². The number of dihydropyridines is 1. The first-order valence-corrected chi connectivity index (χ1v) is 11.3. The molecule has 2 aromatic rings. The van der Waals surface area contributed by atoms with E-state index < -0.39 is 0 Å². The zero-order chi connectivity index (χ0) is 21.2. The third-order valence-corrected chi connectivity index (χ3v) is 6.76. The van der Waals surface area contributed by atoms with Crippen molar-refractivity contribution < 1.29 is 4.79 Å². The molecule has 0 aromatic heterocycles. The molecule has 3 aliphatic rings. The van der Waals surface area contributed by atoms with Crippen LogP contribution in [-0.2, 0) is 6.42 Å². The van der Waals surface area contributed by atoms with E-state index in [0.29, 0.717) is 13.1 Å². The van der Waals surface area contributed by atoms with Crippen molar-refractivity contribution in [1.29, 1.82) is 0 Å². The van der Waals surface area contributed by atoms with Crippen LogP contribution in [0.15, 0.2) is 72.5 Å². The molecular weight excluding hydrogens is 408 g/mol. The van der Waals surface area contributed by atoms with Crippen LogP contribution in [0.25, 0.3) is 0 Å². The zero-order valence-electron chi connectivity index (χ0n) is 17.4. The summed E-state index contributed by atoms with van der Waals surface area (Å²) in [5, 5.41) is 7.42. The predicted molar refractivity (Wildman–Crippen MR) is 125 cm³/mol. The molecule has 31 heavy (non-hydrogen) atoms. The van der Waals surface area contributed by atoms with Crippen molar-refractivity contribution in [2.75, 3.05) is 31.5 Å². The minimum absolute atomic E-state index is 0.0294. The Labute approximate surface area is 188 Å². The van der Waals surface area contributed by atoms with Crippen LogP contribution in [0.5, 0.6) is 0 Å². The summed E-state index contributed by atoms with van der Waals surface area (Å²) in [5.74, 6) is 0. The molecule has 0 radical (unpaired) electrons. The number of allylic oxidation sites excluding steroid dienone is 2. The number of anilines is 1. The van der Waals surface area contributed by atoms with Crippen molar-refractivity contribution >= 4 is 23.3 Å². The Kier molecular flexibility index (Phi) is 5.70. The Balaban J connectivity index is 1.34. The number of carbonyl (C=O) groups is 1. The highest BCUT2D eigenvalue weighted by atomic mass is 35.5. The number of fused-ring (bicyclic) bond motifs is 2. The van der Waals surface area contributed by atoms with Crippen LogP contribution < -0.4 is 10.6 Å². The number of rotatable bonds is 2. The molecule has 160 valence electrons. The van der Waals surface area contributed by atoms with Gasteiger partial charge in [0.25, 0.3) is 0 Å². The number of halogens is 1. The van der Waals surface area contributed by atoms with E-state index in [0.717, 1.165) is 36.6 Å². The van der Waals surface area contributed by atoms with Gasteiger partial charge in [-0.1, -0.05) is 41.9 Å². The van der Waals surface area contributed by atoms with Crippen LogP contribution in [0.1, 0.15) is 23.6 Å². The van der Waals surface area contributed by atoms with Crippen molar-refractivity contribution in [2.24, 2.45) is 0 Å². The lowest BCUT2D eigenvalue weighted by atomic mass is 9.90. The van der Waals surface area contributed by atoms with Crippen molar-refractivity contribution in [3.8, 4) is 0 Å². The second-order valence-electron chi connectivity index (χ2n) is 8.35. The summed E-state index contributed by atoms with van der Waals surface area (Å²) in [7, 11) is 0. The number of para-hydroxylation sites is 1. The molecule has 2 unspecified atom stereocenters. The van der Waals surface area contributed by atoms with Crippen LogP contribution >= 0.6 is 11.6 Å². The quantitative estimate of drug-likeness (QED) is 0.726. The van der Waals surface area contributed by atoms with Crippen LogP contribution in [-0.4, -0.2) is 48.1 Å². The van der Waals surface area contributed by atoms with Gasteiger partial charge in [-0.15, -0.1) is 0 Å². The van der Waals surface area contributed by atoms with E-state index in [-0.39, 0.29) is 18.1 Å². The Morgan fingerprint density at radius 3 is 2.65 bits per heavy atom. The van der Waals surface area contributed by atoms with Crippen LogP contribution in [0.3, 0.4) is 0 Å². The summed E-state index contributed by atoms with van der Waals surface area (Å²) in [6.45, 7) is 3.09. The fraction of sp³-hybridized carbons (Fsp3) is 0.320. The Hall–Kier alpha value is -2.76. The molecule has 1 aliphatic carbocycles. The number of nitrogens with one attached hydrogen (secondary N) is 2. The maximum Gasteiger partial charge on any atom is 0.321 e.